The first-order chi connectivity index (χ1) is 16.0. The Morgan fingerprint density at radius 2 is 0.974 bits per heavy atom. The Bertz CT molecular complexity index is 647. The van der Waals surface area contributed by atoms with E-state index in [0.29, 0.717) is 18.1 Å². The lowest BCUT2D eigenvalue weighted by atomic mass is 10.00. The number of nitrogens with one attached hydrogen (secondary N) is 2. The molecule has 38 heavy (non-hydrogen) atoms. The third-order valence-electron chi connectivity index (χ3n) is 4.10. The Morgan fingerprint density at radius 3 is 1.18 bits per heavy atom. The van der Waals surface area contributed by atoms with Crippen LogP contribution in [0.25, 0.3) is 0 Å². The molecule has 0 aliphatic carbocycles. The van der Waals surface area contributed by atoms with Crippen LogP contribution in [0.5, 0.6) is 0 Å². The van der Waals surface area contributed by atoms with Crippen LogP contribution in [0.3, 0.4) is 0 Å². The van der Waals surface area contributed by atoms with Crippen molar-refractivity contribution in [2.45, 2.75) is 103 Å². The van der Waals surface area contributed by atoms with E-state index in [-0.39, 0.29) is 46.2 Å². The summed E-state index contributed by atoms with van der Waals surface area (Å²) in [5.41, 5.74) is 2.06. The van der Waals surface area contributed by atoms with E-state index in [1.54, 1.807) is 12.2 Å². The van der Waals surface area contributed by atoms with Crippen LogP contribution in [0.4, 0.5) is 0 Å². The molecule has 0 aromatic rings. The summed E-state index contributed by atoms with van der Waals surface area (Å²) in [6.07, 6.45) is 7.51. The molecule has 0 atom stereocenters. The van der Waals surface area contributed by atoms with Gasteiger partial charge in [0.25, 0.3) is 0 Å². The van der Waals surface area contributed by atoms with Gasteiger partial charge in [-0.3, -0.25) is 14.4 Å². The van der Waals surface area contributed by atoms with Gasteiger partial charge >= 0.3 is 0 Å². The normalized spacial score (nSPS) is 10.2. The van der Waals surface area contributed by atoms with Crippen molar-refractivity contribution in [3.05, 3.63) is 35.5 Å². The lowest BCUT2D eigenvalue weighted by Crippen LogP contribution is -2.28. The van der Waals surface area contributed by atoms with Crippen molar-refractivity contribution in [1.82, 2.24) is 20.4 Å². The molecule has 2 N–H and O–H groups in total. The van der Waals surface area contributed by atoms with Gasteiger partial charge in [-0.2, -0.15) is 0 Å². The first kappa shape index (κ1) is 48.8. The van der Waals surface area contributed by atoms with Gasteiger partial charge in [0.15, 0.2) is 5.78 Å². The summed E-state index contributed by atoms with van der Waals surface area (Å²) in [7, 11) is 7.85. The van der Waals surface area contributed by atoms with Crippen molar-refractivity contribution in [3.8, 4) is 0 Å². The highest BCUT2D eigenvalue weighted by molar-refractivity contribution is 5.95. The SMILES string of the molecule is C.C.C.CC(C)=C(C)C(=O)CC(C)C.CC(C)NC(=O)C=CCN(C)C.CC(C)NC(=O)C=CCN(C)C. The molecule has 0 aromatic carbocycles. The molecule has 0 unspecified atom stereocenters. The summed E-state index contributed by atoms with van der Waals surface area (Å²) < 4.78 is 0. The first-order valence-electron chi connectivity index (χ1n) is 12.4. The highest BCUT2D eigenvalue weighted by atomic mass is 16.2. The van der Waals surface area contributed by atoms with Crippen molar-refractivity contribution in [3.63, 3.8) is 0 Å². The Hall–Kier alpha value is -2.25. The van der Waals surface area contributed by atoms with E-state index in [1.165, 1.54) is 0 Å². The number of nitrogens with zero attached hydrogens (tertiary/aromatic N) is 2. The van der Waals surface area contributed by atoms with Crippen LogP contribution in [0.15, 0.2) is 35.5 Å². The molecule has 0 aliphatic rings. The van der Waals surface area contributed by atoms with Gasteiger partial charge < -0.3 is 20.4 Å². The number of hydrogen-bond acceptors (Lipinski definition) is 5. The number of carbonyl (C=O) groups excluding carboxylic acids is 3. The summed E-state index contributed by atoms with van der Waals surface area (Å²) >= 11 is 0. The highest BCUT2D eigenvalue weighted by Crippen LogP contribution is 2.10. The molecule has 0 rings (SSSR count). The average Bonchev–Trinajstić information content (AvgIpc) is 2.65. The number of amides is 2. The average molecular weight is 543 g/mol. The van der Waals surface area contributed by atoms with Gasteiger partial charge in [-0.15, -0.1) is 0 Å². The van der Waals surface area contributed by atoms with Crippen molar-refractivity contribution in [2.24, 2.45) is 5.92 Å². The van der Waals surface area contributed by atoms with Gasteiger partial charge in [0.05, 0.1) is 0 Å². The fourth-order valence-electron chi connectivity index (χ4n) is 2.21. The Balaban J connectivity index is -0.0000000973. The first-order valence-corrected chi connectivity index (χ1v) is 12.4. The Kier molecular flexibility index (Phi) is 37.6. The van der Waals surface area contributed by atoms with Crippen LogP contribution in [0.1, 0.15) is 91.0 Å². The van der Waals surface area contributed by atoms with E-state index in [4.69, 9.17) is 0 Å². The minimum Gasteiger partial charge on any atom is -0.350 e. The third-order valence-corrected chi connectivity index (χ3v) is 4.10. The molecule has 0 aromatic heterocycles. The fourth-order valence-corrected chi connectivity index (χ4v) is 2.21. The van der Waals surface area contributed by atoms with Crippen LogP contribution >= 0.6 is 0 Å². The molecule has 0 fully saturated rings. The number of Topliss-reactive ketones (excluding diaryl/α,β-unsaturated/α-hetero) is 1. The number of carbonyl (C=O) groups is 3. The second-order valence-electron chi connectivity index (χ2n) is 10.3. The van der Waals surface area contributed by atoms with E-state index in [2.05, 4.69) is 24.5 Å². The van der Waals surface area contributed by atoms with E-state index in [9.17, 15) is 14.4 Å². The van der Waals surface area contributed by atoms with Gasteiger partial charge in [0.1, 0.15) is 0 Å². The number of allylic oxidation sites excluding steroid dienone is 2. The Labute approximate surface area is 238 Å². The maximum absolute atomic E-state index is 11.3. The molecule has 0 radical (unpaired) electrons. The van der Waals surface area contributed by atoms with E-state index in [1.807, 2.05) is 98.6 Å². The largest absolute Gasteiger partial charge is 0.350 e. The Morgan fingerprint density at radius 1 is 0.658 bits per heavy atom. The molecule has 0 saturated heterocycles. The van der Waals surface area contributed by atoms with Gasteiger partial charge in [-0.1, -0.05) is 53.9 Å². The van der Waals surface area contributed by atoms with E-state index >= 15 is 0 Å². The molecule has 7 heteroatoms. The van der Waals surface area contributed by atoms with Gasteiger partial charge in [-0.25, -0.2) is 0 Å². The number of rotatable bonds is 11. The molecule has 228 valence electrons. The van der Waals surface area contributed by atoms with Crippen molar-refractivity contribution in [1.29, 1.82) is 0 Å². The van der Waals surface area contributed by atoms with Gasteiger partial charge in [0.2, 0.25) is 11.8 Å². The maximum Gasteiger partial charge on any atom is 0.243 e. The van der Waals surface area contributed by atoms with Gasteiger partial charge in [0, 0.05) is 43.7 Å². The van der Waals surface area contributed by atoms with Crippen LogP contribution in [0.2, 0.25) is 0 Å². The predicted molar refractivity (Wildman–Crippen MR) is 171 cm³/mol. The molecule has 0 spiro atoms. The van der Waals surface area contributed by atoms with Crippen LogP contribution < -0.4 is 10.6 Å². The summed E-state index contributed by atoms with van der Waals surface area (Å²) in [5, 5.41) is 5.54. The van der Waals surface area contributed by atoms with Crippen LogP contribution in [0, 0.1) is 5.92 Å². The van der Waals surface area contributed by atoms with Gasteiger partial charge in [-0.05, 0) is 88.1 Å². The zero-order valence-corrected chi connectivity index (χ0v) is 24.8. The second-order valence-corrected chi connectivity index (χ2v) is 10.3. The molecule has 0 aliphatic heterocycles. The zero-order chi connectivity index (χ0) is 28.1. The minimum atomic E-state index is -0.0214. The van der Waals surface area contributed by atoms with E-state index < -0.39 is 0 Å². The standard InChI is InChI=1S/C10H18O.2C9H18N2O.3CH4/c1-7(2)6-10(11)9(5)8(3)4;2*1-8(2)10-9(12)6-5-7-11(3)4;;;/h7H,6H2,1-5H3;2*5-6,8H,7H2,1-4H3,(H,10,12);3*1H4. The zero-order valence-electron chi connectivity index (χ0n) is 24.8. The molecule has 0 bridgehead atoms. The molecule has 2 amide bonds. The summed E-state index contributed by atoms with van der Waals surface area (Å²) in [6, 6.07) is 0.419. The lowest BCUT2D eigenvalue weighted by molar-refractivity contribution is -0.117. The topological polar surface area (TPSA) is 81.8 Å². The van der Waals surface area contributed by atoms with Crippen LogP contribution in [-0.2, 0) is 14.4 Å². The quantitative estimate of drug-likeness (QED) is 0.307. The summed E-state index contributed by atoms with van der Waals surface area (Å²) in [4.78, 5) is 37.4. The van der Waals surface area contributed by atoms with Crippen LogP contribution in [-0.4, -0.2) is 80.8 Å². The van der Waals surface area contributed by atoms with E-state index in [0.717, 1.165) is 24.2 Å². The molecule has 0 saturated carbocycles. The van der Waals surface area contributed by atoms with Crippen molar-refractivity contribution < 1.29 is 14.4 Å². The summed E-state index contributed by atoms with van der Waals surface area (Å²) in [5.74, 6) is 0.718. The molecule has 0 heterocycles. The molecule has 7 nitrogen and oxygen atoms in total. The van der Waals surface area contributed by atoms with Crippen molar-refractivity contribution in [2.75, 3.05) is 41.3 Å². The number of likely N-dealkylation sites (N-methyl/N-ethyl adjacent to an activating group) is 2. The highest BCUT2D eigenvalue weighted by Gasteiger charge is 2.07. The predicted octanol–water partition coefficient (Wildman–Crippen LogP) is 6.12. The smallest absolute Gasteiger partial charge is 0.243 e. The monoisotopic (exact) mass is 543 g/mol. The lowest BCUT2D eigenvalue weighted by Gasteiger charge is -2.06. The minimum absolute atomic E-state index is 0. The number of hydrogen-bond donors (Lipinski definition) is 2. The second kappa shape index (κ2) is 29.3. The molecular formula is C31H66N4O3. The van der Waals surface area contributed by atoms with Crippen molar-refractivity contribution >= 4 is 17.6 Å². The maximum atomic E-state index is 11.3. The summed E-state index contributed by atoms with van der Waals surface area (Å²) in [6.45, 7) is 19.4. The molecular weight excluding hydrogens is 476 g/mol. The fraction of sp³-hybridized carbons (Fsp3) is 0.710. The number of ketones is 1. The third kappa shape index (κ3) is 40.9.